The Morgan fingerprint density at radius 1 is 0.963 bits per heavy atom. The molecule has 0 unspecified atom stereocenters. The zero-order valence-electron chi connectivity index (χ0n) is 15.2. The Morgan fingerprint density at radius 2 is 1.59 bits per heavy atom. The summed E-state index contributed by atoms with van der Waals surface area (Å²) in [6.07, 6.45) is 0. The van der Waals surface area contributed by atoms with Crippen LogP contribution < -0.4 is 5.73 Å². The van der Waals surface area contributed by atoms with Gasteiger partial charge in [0.1, 0.15) is 6.54 Å². The highest BCUT2D eigenvalue weighted by atomic mass is 16.5. The first kappa shape index (κ1) is 18.5. The molecule has 27 heavy (non-hydrogen) atoms. The van der Waals surface area contributed by atoms with Crippen LogP contribution in [0.2, 0.25) is 0 Å². The van der Waals surface area contributed by atoms with Gasteiger partial charge in [0.25, 0.3) is 5.91 Å². The molecule has 5 nitrogen and oxygen atoms in total. The third-order valence-corrected chi connectivity index (χ3v) is 4.28. The molecule has 0 saturated heterocycles. The molecule has 0 radical (unpaired) electrons. The lowest BCUT2D eigenvalue weighted by atomic mass is 10.0. The van der Waals surface area contributed by atoms with Gasteiger partial charge in [0.15, 0.2) is 0 Å². The van der Waals surface area contributed by atoms with E-state index in [1.807, 2.05) is 54.6 Å². The first-order valence-corrected chi connectivity index (χ1v) is 8.85. The Morgan fingerprint density at radius 3 is 2.26 bits per heavy atom. The van der Waals surface area contributed by atoms with Crippen molar-refractivity contribution < 1.29 is 14.3 Å². The summed E-state index contributed by atoms with van der Waals surface area (Å²) in [4.78, 5) is 26.7. The maximum atomic E-state index is 13.2. The SMILES string of the molecule is CCOC(=O)CN(Cc1ccccc1)C(=O)c1cc2ccccc2cc1N. The van der Waals surface area contributed by atoms with Crippen molar-refractivity contribution in [3.05, 3.63) is 77.9 Å². The summed E-state index contributed by atoms with van der Waals surface area (Å²) in [5, 5.41) is 1.89. The fourth-order valence-corrected chi connectivity index (χ4v) is 2.98. The summed E-state index contributed by atoms with van der Waals surface area (Å²) in [6, 6.07) is 20.8. The molecule has 5 heteroatoms. The predicted molar refractivity (Wildman–Crippen MR) is 106 cm³/mol. The van der Waals surface area contributed by atoms with Crippen LogP contribution in [0.1, 0.15) is 22.8 Å². The number of hydrogen-bond acceptors (Lipinski definition) is 4. The third kappa shape index (κ3) is 4.44. The molecule has 0 heterocycles. The first-order chi connectivity index (χ1) is 13.1. The molecule has 3 aromatic rings. The van der Waals surface area contributed by atoms with Gasteiger partial charge in [0.2, 0.25) is 0 Å². The molecule has 0 bridgehead atoms. The maximum Gasteiger partial charge on any atom is 0.325 e. The number of anilines is 1. The molecule has 2 N–H and O–H groups in total. The van der Waals surface area contributed by atoms with Crippen LogP contribution in [0.25, 0.3) is 10.8 Å². The molecule has 3 rings (SSSR count). The van der Waals surface area contributed by atoms with Crippen molar-refractivity contribution in [3.8, 4) is 0 Å². The zero-order valence-corrected chi connectivity index (χ0v) is 15.2. The Kier molecular flexibility index (Phi) is 5.71. The number of carbonyl (C=O) groups is 2. The normalized spacial score (nSPS) is 10.6. The lowest BCUT2D eigenvalue weighted by Gasteiger charge is -2.23. The minimum atomic E-state index is -0.443. The van der Waals surface area contributed by atoms with Crippen molar-refractivity contribution in [3.63, 3.8) is 0 Å². The molecular weight excluding hydrogens is 340 g/mol. The van der Waals surface area contributed by atoms with E-state index in [0.717, 1.165) is 16.3 Å². The van der Waals surface area contributed by atoms with Gasteiger partial charge in [-0.3, -0.25) is 9.59 Å². The van der Waals surface area contributed by atoms with E-state index in [0.29, 0.717) is 17.8 Å². The summed E-state index contributed by atoms with van der Waals surface area (Å²) in [6.45, 7) is 2.17. The van der Waals surface area contributed by atoms with E-state index in [4.69, 9.17) is 10.5 Å². The summed E-state index contributed by atoms with van der Waals surface area (Å²) in [5.74, 6) is -0.740. The van der Waals surface area contributed by atoms with Gasteiger partial charge in [0, 0.05) is 12.2 Å². The number of fused-ring (bicyclic) bond motifs is 1. The Bertz CT molecular complexity index is 954. The molecular formula is C22H22N2O3. The van der Waals surface area contributed by atoms with E-state index in [1.54, 1.807) is 19.1 Å². The number of nitrogens with zero attached hydrogens (tertiary/aromatic N) is 1. The van der Waals surface area contributed by atoms with E-state index in [-0.39, 0.29) is 19.1 Å². The minimum absolute atomic E-state index is 0.131. The number of benzene rings is 3. The summed E-state index contributed by atoms with van der Waals surface area (Å²) in [7, 11) is 0. The molecule has 1 amide bonds. The van der Waals surface area contributed by atoms with Crippen LogP contribution >= 0.6 is 0 Å². The van der Waals surface area contributed by atoms with E-state index in [1.165, 1.54) is 4.90 Å². The monoisotopic (exact) mass is 362 g/mol. The van der Waals surface area contributed by atoms with E-state index in [9.17, 15) is 9.59 Å². The van der Waals surface area contributed by atoms with E-state index in [2.05, 4.69) is 0 Å². The van der Waals surface area contributed by atoms with Crippen molar-refractivity contribution >= 4 is 28.3 Å². The van der Waals surface area contributed by atoms with Gasteiger partial charge in [-0.05, 0) is 35.4 Å². The largest absolute Gasteiger partial charge is 0.465 e. The zero-order chi connectivity index (χ0) is 19.2. The van der Waals surface area contributed by atoms with Crippen LogP contribution in [-0.2, 0) is 16.1 Å². The standard InChI is InChI=1S/C22H22N2O3/c1-2-27-21(25)15-24(14-16-8-4-3-5-9-16)22(26)19-12-17-10-6-7-11-18(17)13-20(19)23/h3-13H,2,14-15,23H2,1H3. The van der Waals surface area contributed by atoms with Crippen LogP contribution in [0.5, 0.6) is 0 Å². The van der Waals surface area contributed by atoms with Crippen molar-refractivity contribution in [2.24, 2.45) is 0 Å². The Hall–Kier alpha value is -3.34. The molecule has 0 aliphatic heterocycles. The van der Waals surface area contributed by atoms with Gasteiger partial charge >= 0.3 is 5.97 Å². The van der Waals surface area contributed by atoms with Gasteiger partial charge in [-0.2, -0.15) is 0 Å². The van der Waals surface area contributed by atoms with Gasteiger partial charge in [-0.15, -0.1) is 0 Å². The highest BCUT2D eigenvalue weighted by Crippen LogP contribution is 2.24. The molecule has 0 aliphatic rings. The fraction of sp³-hybridized carbons (Fsp3) is 0.182. The van der Waals surface area contributed by atoms with E-state index >= 15 is 0 Å². The second-order valence-electron chi connectivity index (χ2n) is 6.24. The lowest BCUT2D eigenvalue weighted by molar-refractivity contribution is -0.143. The molecule has 3 aromatic carbocycles. The molecule has 138 valence electrons. The number of nitrogen functional groups attached to an aromatic ring is 1. The van der Waals surface area contributed by atoms with Crippen molar-refractivity contribution in [2.45, 2.75) is 13.5 Å². The van der Waals surface area contributed by atoms with Crippen molar-refractivity contribution in [2.75, 3.05) is 18.9 Å². The number of rotatable bonds is 6. The van der Waals surface area contributed by atoms with Gasteiger partial charge in [0.05, 0.1) is 12.2 Å². The second-order valence-corrected chi connectivity index (χ2v) is 6.24. The number of nitrogens with two attached hydrogens (primary N) is 1. The predicted octanol–water partition coefficient (Wildman–Crippen LogP) is 3.63. The van der Waals surface area contributed by atoms with Crippen LogP contribution in [0.3, 0.4) is 0 Å². The quantitative estimate of drug-likeness (QED) is 0.537. The number of esters is 1. The van der Waals surface area contributed by atoms with Crippen LogP contribution in [-0.4, -0.2) is 29.9 Å². The number of hydrogen-bond donors (Lipinski definition) is 1. The average molecular weight is 362 g/mol. The van der Waals surface area contributed by atoms with Crippen LogP contribution in [0, 0.1) is 0 Å². The van der Waals surface area contributed by atoms with Gasteiger partial charge in [-0.25, -0.2) is 0 Å². The summed E-state index contributed by atoms with van der Waals surface area (Å²) >= 11 is 0. The number of ether oxygens (including phenoxy) is 1. The first-order valence-electron chi connectivity index (χ1n) is 8.85. The molecule has 0 aromatic heterocycles. The van der Waals surface area contributed by atoms with Crippen molar-refractivity contribution in [1.82, 2.24) is 4.90 Å². The van der Waals surface area contributed by atoms with Crippen LogP contribution in [0.4, 0.5) is 5.69 Å². The lowest BCUT2D eigenvalue weighted by Crippen LogP contribution is -2.36. The highest BCUT2D eigenvalue weighted by Gasteiger charge is 2.22. The second kappa shape index (κ2) is 8.36. The molecule has 0 aliphatic carbocycles. The van der Waals surface area contributed by atoms with Gasteiger partial charge in [-0.1, -0.05) is 54.6 Å². The maximum absolute atomic E-state index is 13.2. The topological polar surface area (TPSA) is 72.6 Å². The minimum Gasteiger partial charge on any atom is -0.465 e. The highest BCUT2D eigenvalue weighted by molar-refractivity contribution is 6.04. The van der Waals surface area contributed by atoms with E-state index < -0.39 is 5.97 Å². The Balaban J connectivity index is 1.94. The molecule has 0 atom stereocenters. The van der Waals surface area contributed by atoms with Crippen molar-refractivity contribution in [1.29, 1.82) is 0 Å². The smallest absolute Gasteiger partial charge is 0.325 e. The summed E-state index contributed by atoms with van der Waals surface area (Å²) in [5.41, 5.74) is 7.84. The fourth-order valence-electron chi connectivity index (χ4n) is 2.98. The molecule has 0 fully saturated rings. The number of amides is 1. The van der Waals surface area contributed by atoms with Gasteiger partial charge < -0.3 is 15.4 Å². The summed E-state index contributed by atoms with van der Waals surface area (Å²) < 4.78 is 5.03. The molecule has 0 saturated carbocycles. The Labute approximate surface area is 158 Å². The third-order valence-electron chi connectivity index (χ3n) is 4.28. The molecule has 0 spiro atoms. The van der Waals surface area contributed by atoms with Crippen LogP contribution in [0.15, 0.2) is 66.7 Å². The average Bonchev–Trinajstić information content (AvgIpc) is 2.67. The number of carbonyl (C=O) groups excluding carboxylic acids is 2.